The van der Waals surface area contributed by atoms with E-state index in [1.807, 2.05) is 0 Å². The average molecular weight is 621 g/mol. The van der Waals surface area contributed by atoms with Gasteiger partial charge in [-0.2, -0.15) is 0 Å². The zero-order valence-electron chi connectivity index (χ0n) is 29.0. The van der Waals surface area contributed by atoms with Crippen LogP contribution in [-0.2, 0) is 9.53 Å². The van der Waals surface area contributed by atoms with Crippen molar-refractivity contribution in [2.75, 3.05) is 14.2 Å². The van der Waals surface area contributed by atoms with Gasteiger partial charge in [0.25, 0.3) is 0 Å². The largest absolute Gasteiger partial charge is 0.493 e. The molecule has 6 rings (SSSR count). The van der Waals surface area contributed by atoms with Gasteiger partial charge in [0.15, 0.2) is 11.5 Å². The van der Waals surface area contributed by atoms with Crippen molar-refractivity contribution in [2.24, 2.45) is 56.7 Å². The number of benzene rings is 1. The smallest absolute Gasteiger partial charge is 0.338 e. The molecule has 0 aromatic heterocycles. The first-order chi connectivity index (χ1) is 21.1. The van der Waals surface area contributed by atoms with Gasteiger partial charge in [0, 0.05) is 5.41 Å². The third kappa shape index (κ3) is 4.39. The lowest BCUT2D eigenvalue weighted by Gasteiger charge is -2.72. The first-order valence-corrected chi connectivity index (χ1v) is 17.4. The lowest BCUT2D eigenvalue weighted by Crippen LogP contribution is -2.67. The molecule has 5 aliphatic carbocycles. The number of aliphatic carboxylic acids is 1. The summed E-state index contributed by atoms with van der Waals surface area (Å²) in [6, 6.07) is 5.21. The van der Waals surface area contributed by atoms with E-state index < -0.39 is 11.4 Å². The summed E-state index contributed by atoms with van der Waals surface area (Å²) >= 11 is 0. The van der Waals surface area contributed by atoms with Crippen LogP contribution in [0.4, 0.5) is 0 Å². The van der Waals surface area contributed by atoms with Gasteiger partial charge in [-0.25, -0.2) is 4.79 Å². The molecule has 6 heteroatoms. The molecule has 0 radical (unpaired) electrons. The Morgan fingerprint density at radius 3 is 2.18 bits per heavy atom. The van der Waals surface area contributed by atoms with Crippen molar-refractivity contribution in [3.8, 4) is 11.5 Å². The predicted octanol–water partition coefficient (Wildman–Crippen LogP) is 8.97. The van der Waals surface area contributed by atoms with Gasteiger partial charge < -0.3 is 19.3 Å². The Bertz CT molecular complexity index is 1380. The molecule has 1 aromatic carbocycles. The fourth-order valence-corrected chi connectivity index (χ4v) is 12.9. The number of carbonyl (C=O) groups excluding carboxylic acids is 1. The van der Waals surface area contributed by atoms with Crippen LogP contribution >= 0.6 is 0 Å². The number of fused-ring (bicyclic) bond motifs is 7. The molecule has 0 spiro atoms. The van der Waals surface area contributed by atoms with Crippen LogP contribution in [0.2, 0.25) is 0 Å². The molecule has 248 valence electrons. The van der Waals surface area contributed by atoms with E-state index in [1.54, 1.807) is 32.4 Å². The molecule has 0 saturated heterocycles. The number of carbonyl (C=O) groups is 2. The molecule has 1 aromatic rings. The van der Waals surface area contributed by atoms with E-state index in [0.29, 0.717) is 40.7 Å². The van der Waals surface area contributed by atoms with E-state index in [-0.39, 0.29) is 39.7 Å². The number of ether oxygens (including phenoxy) is 3. The summed E-state index contributed by atoms with van der Waals surface area (Å²) < 4.78 is 17.1. The zero-order chi connectivity index (χ0) is 32.7. The zero-order valence-corrected chi connectivity index (χ0v) is 29.0. The minimum Gasteiger partial charge on any atom is -0.493 e. The first-order valence-electron chi connectivity index (χ1n) is 17.4. The van der Waals surface area contributed by atoms with Crippen molar-refractivity contribution in [2.45, 2.75) is 112 Å². The van der Waals surface area contributed by atoms with Crippen molar-refractivity contribution in [1.29, 1.82) is 0 Å². The number of carboxylic acids is 1. The van der Waals surface area contributed by atoms with Gasteiger partial charge in [-0.3, -0.25) is 4.79 Å². The van der Waals surface area contributed by atoms with Crippen LogP contribution in [-0.4, -0.2) is 37.4 Å². The van der Waals surface area contributed by atoms with Gasteiger partial charge in [0.2, 0.25) is 0 Å². The maximum absolute atomic E-state index is 13.5. The van der Waals surface area contributed by atoms with Crippen LogP contribution < -0.4 is 9.47 Å². The summed E-state index contributed by atoms with van der Waals surface area (Å²) in [6.07, 6.45) is 9.84. The number of hydrogen-bond acceptors (Lipinski definition) is 5. The average Bonchev–Trinajstić information content (AvgIpc) is 3.40. The highest BCUT2D eigenvalue weighted by atomic mass is 16.5. The summed E-state index contributed by atoms with van der Waals surface area (Å²) in [4.78, 5) is 26.4. The van der Waals surface area contributed by atoms with E-state index in [0.717, 1.165) is 64.2 Å². The van der Waals surface area contributed by atoms with Crippen molar-refractivity contribution in [3.63, 3.8) is 0 Å². The van der Waals surface area contributed by atoms with Crippen LogP contribution in [0.1, 0.15) is 116 Å². The van der Waals surface area contributed by atoms with Gasteiger partial charge >= 0.3 is 11.9 Å². The van der Waals surface area contributed by atoms with Crippen molar-refractivity contribution < 1.29 is 28.9 Å². The summed E-state index contributed by atoms with van der Waals surface area (Å²) in [5.41, 5.74) is 1.30. The molecular weight excluding hydrogens is 564 g/mol. The molecule has 1 N–H and O–H groups in total. The van der Waals surface area contributed by atoms with Gasteiger partial charge in [-0.05, 0) is 135 Å². The van der Waals surface area contributed by atoms with Crippen LogP contribution in [0, 0.1) is 56.7 Å². The van der Waals surface area contributed by atoms with Gasteiger partial charge in [-0.1, -0.05) is 46.8 Å². The fourth-order valence-electron chi connectivity index (χ4n) is 12.9. The highest BCUT2D eigenvalue weighted by Crippen LogP contribution is 2.77. The van der Waals surface area contributed by atoms with Crippen LogP contribution in [0.15, 0.2) is 30.4 Å². The Balaban J connectivity index is 1.27. The molecule has 0 heterocycles. The van der Waals surface area contributed by atoms with Crippen LogP contribution in [0.3, 0.4) is 0 Å². The van der Waals surface area contributed by atoms with Gasteiger partial charge in [0.05, 0.1) is 25.2 Å². The highest BCUT2D eigenvalue weighted by molar-refractivity contribution is 5.90. The second kappa shape index (κ2) is 10.8. The Morgan fingerprint density at radius 1 is 0.822 bits per heavy atom. The minimum absolute atomic E-state index is 0.104. The topological polar surface area (TPSA) is 82.1 Å². The van der Waals surface area contributed by atoms with E-state index in [2.05, 4.69) is 48.1 Å². The monoisotopic (exact) mass is 620 g/mol. The quantitative estimate of drug-likeness (QED) is 0.253. The SMILES string of the molecule is C=C(C)[C@@H]1CC[C@]2(C(=O)O)CC[C@]3(C)[C@H](CC[C@@H]4[C@@]5(C)CC[C@H](OC(=O)c6ccc(OC)c(OC)c6)C(C)(C)[C@@H]5CC[C@]43C)[C@@H]12. The highest BCUT2D eigenvalue weighted by Gasteiger charge is 2.72. The Kier molecular flexibility index (Phi) is 7.76. The summed E-state index contributed by atoms with van der Waals surface area (Å²) in [5.74, 6) is 2.16. The van der Waals surface area contributed by atoms with Crippen molar-refractivity contribution >= 4 is 11.9 Å². The Labute approximate surface area is 270 Å². The number of rotatable bonds is 6. The number of hydrogen-bond donors (Lipinski definition) is 1. The molecule has 0 unspecified atom stereocenters. The molecular formula is C39H56O6. The fraction of sp³-hybridized carbons (Fsp3) is 0.744. The molecule has 10 atom stereocenters. The van der Waals surface area contributed by atoms with E-state index >= 15 is 0 Å². The first kappa shape index (κ1) is 32.4. The van der Waals surface area contributed by atoms with Crippen molar-refractivity contribution in [3.05, 3.63) is 35.9 Å². The standard InChI is InChI=1S/C39H56O6/c1-23(2)25-14-19-39(34(41)42)21-20-37(6)26(32(25)39)11-13-30-36(5)17-16-31(35(3,4)29(36)15-18-38(30,37)7)45-33(40)24-10-12-27(43-8)28(22-24)44-9/h10,12,22,25-26,29-32H,1,11,13-21H2,2-9H3,(H,41,42)/t25-,26+,29-,30+,31-,32+,36-,37+,38+,39-/m0/s1. The number of esters is 1. The molecule has 0 bridgehead atoms. The van der Waals surface area contributed by atoms with Gasteiger partial charge in [0.1, 0.15) is 6.10 Å². The van der Waals surface area contributed by atoms with E-state index in [1.165, 1.54) is 5.57 Å². The third-order valence-electron chi connectivity index (χ3n) is 15.3. The number of allylic oxidation sites excluding steroid dienone is 1. The molecule has 0 amide bonds. The molecule has 6 nitrogen and oxygen atoms in total. The summed E-state index contributed by atoms with van der Waals surface area (Å²) in [7, 11) is 3.16. The van der Waals surface area contributed by atoms with Gasteiger partial charge in [-0.15, -0.1) is 0 Å². The molecule has 45 heavy (non-hydrogen) atoms. The maximum atomic E-state index is 13.5. The summed E-state index contributed by atoms with van der Waals surface area (Å²) in [5, 5.41) is 10.7. The van der Waals surface area contributed by atoms with Crippen LogP contribution in [0.25, 0.3) is 0 Å². The minimum atomic E-state index is -0.587. The summed E-state index contributed by atoms with van der Waals surface area (Å²) in [6.45, 7) is 18.9. The number of methoxy groups -OCH3 is 2. The van der Waals surface area contributed by atoms with Crippen LogP contribution in [0.5, 0.6) is 11.5 Å². The Morgan fingerprint density at radius 2 is 1.53 bits per heavy atom. The Hall–Kier alpha value is -2.50. The molecule has 0 aliphatic heterocycles. The van der Waals surface area contributed by atoms with Crippen molar-refractivity contribution in [1.82, 2.24) is 0 Å². The normalized spacial score (nSPS) is 43.1. The number of carboxylic acid groups (broad SMARTS) is 1. The second-order valence-corrected chi connectivity index (χ2v) is 17.0. The lowest BCUT2D eigenvalue weighted by molar-refractivity contribution is -0.248. The molecule has 5 aliphatic rings. The van der Waals surface area contributed by atoms with E-state index in [9.17, 15) is 14.7 Å². The third-order valence-corrected chi connectivity index (χ3v) is 15.3. The van der Waals surface area contributed by atoms with E-state index in [4.69, 9.17) is 14.2 Å². The molecule has 5 fully saturated rings. The second-order valence-electron chi connectivity index (χ2n) is 17.0. The predicted molar refractivity (Wildman–Crippen MR) is 175 cm³/mol. The lowest BCUT2D eigenvalue weighted by atomic mass is 9.32. The maximum Gasteiger partial charge on any atom is 0.338 e. The molecule has 5 saturated carbocycles.